The van der Waals surface area contributed by atoms with Crippen LogP contribution in [0.4, 0.5) is 10.5 Å². The number of ether oxygens (including phenoxy) is 1. The maximum absolute atomic E-state index is 11.7. The molecule has 0 saturated carbocycles. The van der Waals surface area contributed by atoms with Crippen molar-refractivity contribution in [3.05, 3.63) is 27.2 Å². The summed E-state index contributed by atoms with van der Waals surface area (Å²) in [5, 5.41) is 3.55. The number of carbonyl (C=O) groups excluding carboxylic acids is 2. The number of anilines is 1. The van der Waals surface area contributed by atoms with Crippen molar-refractivity contribution in [2.75, 3.05) is 12.0 Å². The lowest BCUT2D eigenvalue weighted by molar-refractivity contribution is -0.120. The minimum absolute atomic E-state index is 0.200. The van der Waals surface area contributed by atoms with Crippen molar-refractivity contribution in [1.29, 1.82) is 0 Å². The summed E-state index contributed by atoms with van der Waals surface area (Å²) in [7, 11) is 0. The zero-order chi connectivity index (χ0) is 18.3. The second-order valence-electron chi connectivity index (χ2n) is 5.95. The number of carbonyl (C=O) groups is 2. The Bertz CT molecular complexity index is 580. The SMILES string of the molecule is CC(C)(C)OC(=O)NCCCC(=O)NNc1c(Cl)cc(Cl)cc1Cl. The van der Waals surface area contributed by atoms with Crippen LogP contribution >= 0.6 is 34.8 Å². The van der Waals surface area contributed by atoms with Gasteiger partial charge in [-0.2, -0.15) is 0 Å². The zero-order valence-electron chi connectivity index (χ0n) is 13.6. The van der Waals surface area contributed by atoms with Crippen molar-refractivity contribution in [2.45, 2.75) is 39.2 Å². The van der Waals surface area contributed by atoms with Crippen molar-refractivity contribution in [1.82, 2.24) is 10.7 Å². The van der Waals surface area contributed by atoms with Crippen LogP contribution in [0.25, 0.3) is 0 Å². The Balaban J connectivity index is 2.29. The first-order chi connectivity index (χ1) is 11.1. The Morgan fingerprint density at radius 3 is 2.25 bits per heavy atom. The molecule has 0 spiro atoms. The molecule has 0 fully saturated rings. The van der Waals surface area contributed by atoms with Gasteiger partial charge in [0.15, 0.2) is 0 Å². The molecule has 2 amide bonds. The Morgan fingerprint density at radius 1 is 1.12 bits per heavy atom. The molecule has 134 valence electrons. The van der Waals surface area contributed by atoms with E-state index in [0.29, 0.717) is 33.7 Å². The van der Waals surface area contributed by atoms with Crippen LogP contribution in [0, 0.1) is 0 Å². The molecule has 3 N–H and O–H groups in total. The third-order valence-electron chi connectivity index (χ3n) is 2.58. The second kappa shape index (κ2) is 9.20. The van der Waals surface area contributed by atoms with Gasteiger partial charge in [0.2, 0.25) is 5.91 Å². The fraction of sp³-hybridized carbons (Fsp3) is 0.467. The number of hydrogen-bond acceptors (Lipinski definition) is 4. The average molecular weight is 397 g/mol. The van der Waals surface area contributed by atoms with Gasteiger partial charge in [-0.3, -0.25) is 15.6 Å². The maximum Gasteiger partial charge on any atom is 0.407 e. The molecule has 1 rings (SSSR count). The smallest absolute Gasteiger partial charge is 0.407 e. The van der Waals surface area contributed by atoms with Gasteiger partial charge in [0.05, 0.1) is 15.7 Å². The summed E-state index contributed by atoms with van der Waals surface area (Å²) < 4.78 is 5.08. The Morgan fingerprint density at radius 2 is 1.71 bits per heavy atom. The molecule has 9 heteroatoms. The van der Waals surface area contributed by atoms with E-state index < -0.39 is 11.7 Å². The van der Waals surface area contributed by atoms with Gasteiger partial charge in [0, 0.05) is 18.0 Å². The quantitative estimate of drug-likeness (QED) is 0.492. The minimum atomic E-state index is -0.553. The molecule has 0 aromatic heterocycles. The lowest BCUT2D eigenvalue weighted by atomic mass is 10.2. The number of hydrogen-bond donors (Lipinski definition) is 3. The molecule has 0 aliphatic heterocycles. The van der Waals surface area contributed by atoms with Crippen molar-refractivity contribution in [3.63, 3.8) is 0 Å². The largest absolute Gasteiger partial charge is 0.444 e. The van der Waals surface area contributed by atoms with E-state index in [0.717, 1.165) is 0 Å². The van der Waals surface area contributed by atoms with E-state index in [1.165, 1.54) is 12.1 Å². The Hall–Kier alpha value is -1.37. The molecule has 1 aromatic carbocycles. The highest BCUT2D eigenvalue weighted by atomic mass is 35.5. The van der Waals surface area contributed by atoms with Gasteiger partial charge in [-0.05, 0) is 39.3 Å². The van der Waals surface area contributed by atoms with Crippen LogP contribution in [0.2, 0.25) is 15.1 Å². The van der Waals surface area contributed by atoms with Crippen LogP contribution in [-0.4, -0.2) is 24.1 Å². The second-order valence-corrected chi connectivity index (χ2v) is 7.20. The van der Waals surface area contributed by atoms with Crippen LogP contribution in [0.1, 0.15) is 33.6 Å². The van der Waals surface area contributed by atoms with Gasteiger partial charge in [0.1, 0.15) is 5.60 Å². The van der Waals surface area contributed by atoms with Crippen molar-refractivity contribution in [3.8, 4) is 0 Å². The first-order valence-corrected chi connectivity index (χ1v) is 8.38. The van der Waals surface area contributed by atoms with Gasteiger partial charge in [0.25, 0.3) is 0 Å². The number of hydrazine groups is 1. The maximum atomic E-state index is 11.7. The number of halogens is 3. The van der Waals surface area contributed by atoms with Crippen LogP contribution < -0.4 is 16.2 Å². The summed E-state index contributed by atoms with van der Waals surface area (Å²) in [4.78, 5) is 23.2. The highest BCUT2D eigenvalue weighted by Gasteiger charge is 2.15. The summed E-state index contributed by atoms with van der Waals surface area (Å²) in [6.07, 6.45) is 0.140. The van der Waals surface area contributed by atoms with Crippen LogP contribution in [0.5, 0.6) is 0 Å². The highest BCUT2D eigenvalue weighted by Crippen LogP contribution is 2.33. The third-order valence-corrected chi connectivity index (χ3v) is 3.40. The van der Waals surface area contributed by atoms with Crippen molar-refractivity contribution >= 4 is 52.5 Å². The van der Waals surface area contributed by atoms with Gasteiger partial charge in [-0.1, -0.05) is 34.8 Å². The fourth-order valence-corrected chi connectivity index (χ4v) is 2.52. The van der Waals surface area contributed by atoms with Crippen LogP contribution in [-0.2, 0) is 9.53 Å². The third kappa shape index (κ3) is 7.95. The van der Waals surface area contributed by atoms with E-state index in [4.69, 9.17) is 39.5 Å². The standard InChI is InChI=1S/C15H20Cl3N3O3/c1-15(2,3)24-14(23)19-6-4-5-12(22)20-21-13-10(17)7-9(16)8-11(13)18/h7-8,21H,4-6H2,1-3H3,(H,19,23)(H,20,22). The zero-order valence-corrected chi connectivity index (χ0v) is 15.9. The number of amides is 2. The molecule has 0 atom stereocenters. The van der Waals surface area contributed by atoms with E-state index in [2.05, 4.69) is 16.2 Å². The molecular formula is C15H20Cl3N3O3. The lowest BCUT2D eigenvalue weighted by Gasteiger charge is -2.19. The molecule has 0 saturated heterocycles. The predicted molar refractivity (Wildman–Crippen MR) is 96.7 cm³/mol. The van der Waals surface area contributed by atoms with Gasteiger partial charge in [-0.25, -0.2) is 4.79 Å². The average Bonchev–Trinajstić information content (AvgIpc) is 2.40. The first kappa shape index (κ1) is 20.7. The molecule has 24 heavy (non-hydrogen) atoms. The van der Waals surface area contributed by atoms with E-state index >= 15 is 0 Å². The van der Waals surface area contributed by atoms with E-state index in [-0.39, 0.29) is 12.3 Å². The van der Waals surface area contributed by atoms with Crippen LogP contribution in [0.3, 0.4) is 0 Å². The molecule has 0 aliphatic carbocycles. The van der Waals surface area contributed by atoms with Crippen molar-refractivity contribution < 1.29 is 14.3 Å². The normalized spacial score (nSPS) is 10.9. The topological polar surface area (TPSA) is 79.5 Å². The van der Waals surface area contributed by atoms with Crippen LogP contribution in [0.15, 0.2) is 12.1 Å². The molecule has 0 bridgehead atoms. The Labute approximate surface area is 156 Å². The van der Waals surface area contributed by atoms with Crippen molar-refractivity contribution in [2.24, 2.45) is 0 Å². The predicted octanol–water partition coefficient (Wildman–Crippen LogP) is 4.39. The molecular weight excluding hydrogens is 377 g/mol. The van der Waals surface area contributed by atoms with Gasteiger partial charge >= 0.3 is 6.09 Å². The molecule has 0 radical (unpaired) electrons. The van der Waals surface area contributed by atoms with E-state index in [1.807, 2.05) is 0 Å². The fourth-order valence-electron chi connectivity index (χ4n) is 1.61. The molecule has 1 aromatic rings. The summed E-state index contributed by atoms with van der Waals surface area (Å²) in [6, 6.07) is 3.02. The summed E-state index contributed by atoms with van der Waals surface area (Å²) in [5.74, 6) is -0.275. The summed E-state index contributed by atoms with van der Waals surface area (Å²) >= 11 is 17.8. The lowest BCUT2D eigenvalue weighted by Crippen LogP contribution is -2.34. The Kier molecular flexibility index (Phi) is 7.93. The monoisotopic (exact) mass is 395 g/mol. The number of nitrogens with one attached hydrogen (secondary N) is 3. The van der Waals surface area contributed by atoms with E-state index in [1.54, 1.807) is 20.8 Å². The van der Waals surface area contributed by atoms with E-state index in [9.17, 15) is 9.59 Å². The summed E-state index contributed by atoms with van der Waals surface area (Å²) in [5.41, 5.74) is 4.95. The summed E-state index contributed by atoms with van der Waals surface area (Å²) in [6.45, 7) is 5.65. The highest BCUT2D eigenvalue weighted by molar-refractivity contribution is 6.41. The number of benzene rings is 1. The van der Waals surface area contributed by atoms with Gasteiger partial charge < -0.3 is 10.1 Å². The first-order valence-electron chi connectivity index (χ1n) is 7.25. The number of rotatable bonds is 6. The number of alkyl carbamates (subject to hydrolysis) is 1. The molecule has 0 heterocycles. The molecule has 6 nitrogen and oxygen atoms in total. The molecule has 0 aliphatic rings. The van der Waals surface area contributed by atoms with Gasteiger partial charge in [-0.15, -0.1) is 0 Å². The minimum Gasteiger partial charge on any atom is -0.444 e. The molecule has 0 unspecified atom stereocenters.